The molecule has 0 spiro atoms. The fourth-order valence-electron chi connectivity index (χ4n) is 3.16. The first-order valence-electron chi connectivity index (χ1n) is 9.66. The second-order valence-electron chi connectivity index (χ2n) is 7.12. The van der Waals surface area contributed by atoms with Crippen molar-refractivity contribution in [3.05, 3.63) is 77.1 Å². The summed E-state index contributed by atoms with van der Waals surface area (Å²) in [4.78, 5) is 4.10. The van der Waals surface area contributed by atoms with Crippen molar-refractivity contribution in [2.24, 2.45) is 0 Å². The molecule has 2 aromatic carbocycles. The zero-order valence-corrected chi connectivity index (χ0v) is 17.7. The van der Waals surface area contributed by atoms with Gasteiger partial charge in [-0.1, -0.05) is 29.8 Å². The van der Waals surface area contributed by atoms with Gasteiger partial charge in [0.05, 0.1) is 13.2 Å². The van der Waals surface area contributed by atoms with E-state index in [1.165, 1.54) is 0 Å². The summed E-state index contributed by atoms with van der Waals surface area (Å²) in [6.07, 6.45) is 4.07. The van der Waals surface area contributed by atoms with Crippen molar-refractivity contribution in [3.63, 3.8) is 0 Å². The number of halogens is 1. The lowest BCUT2D eigenvalue weighted by Gasteiger charge is -2.21. The molecule has 1 N–H and O–H groups in total. The minimum atomic E-state index is -0.561. The van der Waals surface area contributed by atoms with Gasteiger partial charge >= 0.3 is 0 Å². The highest BCUT2D eigenvalue weighted by Crippen LogP contribution is 2.35. The highest BCUT2D eigenvalue weighted by atomic mass is 35.5. The molecule has 0 radical (unpaired) electrons. The average molecular weight is 412 g/mol. The van der Waals surface area contributed by atoms with E-state index in [0.717, 1.165) is 34.4 Å². The first-order valence-corrected chi connectivity index (χ1v) is 10.0. The van der Waals surface area contributed by atoms with Crippen molar-refractivity contribution in [2.75, 3.05) is 7.11 Å². The molecule has 0 amide bonds. The summed E-state index contributed by atoms with van der Waals surface area (Å²) in [5.41, 5.74) is 4.09. The lowest BCUT2D eigenvalue weighted by molar-refractivity contribution is 0.0420. The van der Waals surface area contributed by atoms with E-state index in [2.05, 4.69) is 4.98 Å². The van der Waals surface area contributed by atoms with E-state index in [1.54, 1.807) is 13.3 Å². The number of nitrogens with zero attached hydrogens (tertiary/aromatic N) is 1. The topological polar surface area (TPSA) is 51.6 Å². The summed E-state index contributed by atoms with van der Waals surface area (Å²) >= 11 is 6.20. The van der Waals surface area contributed by atoms with Crippen LogP contribution in [0, 0.1) is 6.92 Å². The number of hydrogen-bond acceptors (Lipinski definition) is 4. The van der Waals surface area contributed by atoms with E-state index in [1.807, 2.05) is 68.6 Å². The maximum absolute atomic E-state index is 10.4. The quantitative estimate of drug-likeness (QED) is 0.533. The number of aryl methyl sites for hydroxylation is 2. The highest BCUT2D eigenvalue weighted by molar-refractivity contribution is 6.31. The van der Waals surface area contributed by atoms with E-state index in [4.69, 9.17) is 21.1 Å². The Bertz CT molecular complexity index is 929. The van der Waals surface area contributed by atoms with Gasteiger partial charge in [0.15, 0.2) is 0 Å². The third-order valence-corrected chi connectivity index (χ3v) is 5.37. The van der Waals surface area contributed by atoms with Crippen LogP contribution in [0.2, 0.25) is 5.02 Å². The van der Waals surface area contributed by atoms with Crippen LogP contribution in [-0.4, -0.2) is 29.4 Å². The van der Waals surface area contributed by atoms with E-state index < -0.39 is 6.10 Å². The number of benzene rings is 2. The van der Waals surface area contributed by atoms with Crippen molar-refractivity contribution < 1.29 is 14.6 Å². The third-order valence-electron chi connectivity index (χ3n) is 4.96. The van der Waals surface area contributed by atoms with Crippen molar-refractivity contribution in [3.8, 4) is 22.6 Å². The smallest absolute Gasteiger partial charge is 0.128 e. The molecule has 0 aliphatic carbocycles. The van der Waals surface area contributed by atoms with Crippen LogP contribution in [0.3, 0.4) is 0 Å². The van der Waals surface area contributed by atoms with Crippen LogP contribution in [0.1, 0.15) is 24.5 Å². The Labute approximate surface area is 177 Å². The molecule has 3 aromatic rings. The van der Waals surface area contributed by atoms with Crippen molar-refractivity contribution in [1.29, 1.82) is 0 Å². The van der Waals surface area contributed by atoms with Crippen molar-refractivity contribution in [2.45, 2.75) is 38.9 Å². The minimum absolute atomic E-state index is 0.315. The Morgan fingerprint density at radius 1 is 1.14 bits per heavy atom. The molecule has 2 atom stereocenters. The molecule has 3 rings (SSSR count). The maximum Gasteiger partial charge on any atom is 0.128 e. The molecule has 0 aliphatic rings. The number of aliphatic hydroxyl groups is 1. The summed E-state index contributed by atoms with van der Waals surface area (Å²) in [7, 11) is 1.64. The SMILES string of the molecule is COc1cc(Cl)c(C)cc1-c1ccc(O[C@@H](C)C(O)CCc2cccnc2)cc1. The van der Waals surface area contributed by atoms with Gasteiger partial charge in [0.25, 0.3) is 0 Å². The minimum Gasteiger partial charge on any atom is -0.496 e. The summed E-state index contributed by atoms with van der Waals surface area (Å²) < 4.78 is 11.4. The van der Waals surface area contributed by atoms with Gasteiger partial charge < -0.3 is 14.6 Å². The summed E-state index contributed by atoms with van der Waals surface area (Å²) in [5.74, 6) is 1.44. The Balaban J connectivity index is 1.64. The Morgan fingerprint density at radius 2 is 1.90 bits per heavy atom. The van der Waals surface area contributed by atoms with Gasteiger partial charge in [0, 0.05) is 23.0 Å². The molecular weight excluding hydrogens is 386 g/mol. The number of aliphatic hydroxyl groups excluding tert-OH is 1. The van der Waals surface area contributed by atoms with E-state index >= 15 is 0 Å². The number of rotatable bonds is 8. The number of aromatic nitrogens is 1. The molecule has 0 aliphatic heterocycles. The number of methoxy groups -OCH3 is 1. The molecule has 4 nitrogen and oxygen atoms in total. The zero-order chi connectivity index (χ0) is 20.8. The largest absolute Gasteiger partial charge is 0.496 e. The van der Waals surface area contributed by atoms with Crippen LogP contribution in [0.25, 0.3) is 11.1 Å². The molecule has 0 saturated carbocycles. The van der Waals surface area contributed by atoms with Crippen LogP contribution in [0.5, 0.6) is 11.5 Å². The first-order chi connectivity index (χ1) is 14.0. The number of ether oxygens (including phenoxy) is 2. The molecule has 1 unspecified atom stereocenters. The van der Waals surface area contributed by atoms with Crippen LogP contribution in [0.4, 0.5) is 0 Å². The summed E-state index contributed by atoms with van der Waals surface area (Å²) in [6, 6.07) is 15.5. The summed E-state index contributed by atoms with van der Waals surface area (Å²) in [5, 5.41) is 11.1. The molecule has 1 aromatic heterocycles. The van der Waals surface area contributed by atoms with Gasteiger partial charge in [-0.15, -0.1) is 0 Å². The Kier molecular flexibility index (Phi) is 7.13. The van der Waals surface area contributed by atoms with Crippen LogP contribution >= 0.6 is 11.6 Å². The van der Waals surface area contributed by atoms with E-state index in [-0.39, 0.29) is 6.10 Å². The first kappa shape index (κ1) is 21.2. The number of hydrogen-bond donors (Lipinski definition) is 1. The molecule has 0 bridgehead atoms. The van der Waals surface area contributed by atoms with Gasteiger partial charge in [0.1, 0.15) is 17.6 Å². The maximum atomic E-state index is 10.4. The second kappa shape index (κ2) is 9.77. The predicted molar refractivity (Wildman–Crippen MR) is 117 cm³/mol. The molecule has 5 heteroatoms. The monoisotopic (exact) mass is 411 g/mol. The fourth-order valence-corrected chi connectivity index (χ4v) is 3.31. The Morgan fingerprint density at radius 3 is 2.55 bits per heavy atom. The number of pyridine rings is 1. The van der Waals surface area contributed by atoms with Crippen LogP contribution in [-0.2, 0) is 6.42 Å². The van der Waals surface area contributed by atoms with E-state index in [9.17, 15) is 5.11 Å². The molecule has 152 valence electrons. The van der Waals surface area contributed by atoms with E-state index in [0.29, 0.717) is 17.2 Å². The predicted octanol–water partition coefficient (Wildman–Crippen LogP) is 5.48. The molecule has 0 saturated heterocycles. The Hall–Kier alpha value is -2.56. The molecular formula is C24H26ClNO3. The van der Waals surface area contributed by atoms with Gasteiger partial charge in [-0.05, 0) is 73.7 Å². The average Bonchev–Trinajstić information content (AvgIpc) is 2.75. The second-order valence-corrected chi connectivity index (χ2v) is 7.52. The van der Waals surface area contributed by atoms with Gasteiger partial charge in [-0.3, -0.25) is 4.98 Å². The van der Waals surface area contributed by atoms with Crippen molar-refractivity contribution >= 4 is 11.6 Å². The molecule has 0 fully saturated rings. The van der Waals surface area contributed by atoms with Gasteiger partial charge in [-0.2, -0.15) is 0 Å². The lowest BCUT2D eigenvalue weighted by atomic mass is 10.0. The molecule has 29 heavy (non-hydrogen) atoms. The van der Waals surface area contributed by atoms with Crippen LogP contribution in [0.15, 0.2) is 60.9 Å². The fraction of sp³-hybridized carbons (Fsp3) is 0.292. The van der Waals surface area contributed by atoms with Crippen molar-refractivity contribution in [1.82, 2.24) is 4.98 Å². The van der Waals surface area contributed by atoms with Crippen LogP contribution < -0.4 is 9.47 Å². The zero-order valence-electron chi connectivity index (χ0n) is 16.9. The highest BCUT2D eigenvalue weighted by Gasteiger charge is 2.16. The third kappa shape index (κ3) is 5.49. The standard InChI is InChI=1S/C24H26ClNO3/c1-16-13-21(24(28-3)14-22(16)25)19-7-9-20(10-8-19)29-17(2)23(27)11-6-18-5-4-12-26-15-18/h4-5,7-10,12-15,17,23,27H,6,11H2,1-3H3/t17-,23?/m0/s1. The lowest BCUT2D eigenvalue weighted by Crippen LogP contribution is -2.29. The molecule has 1 heterocycles. The normalized spacial score (nSPS) is 13.0. The van der Waals surface area contributed by atoms with Gasteiger partial charge in [-0.25, -0.2) is 0 Å². The van der Waals surface area contributed by atoms with Gasteiger partial charge in [0.2, 0.25) is 0 Å². The summed E-state index contributed by atoms with van der Waals surface area (Å²) in [6.45, 7) is 3.85.